The van der Waals surface area contributed by atoms with E-state index in [1.54, 1.807) is 12.1 Å². The lowest BCUT2D eigenvalue weighted by Crippen LogP contribution is -2.13. The summed E-state index contributed by atoms with van der Waals surface area (Å²) in [7, 11) is 0. The van der Waals surface area contributed by atoms with Crippen molar-refractivity contribution in [1.82, 2.24) is 0 Å². The van der Waals surface area contributed by atoms with Gasteiger partial charge in [-0.3, -0.25) is 0 Å². The van der Waals surface area contributed by atoms with Crippen molar-refractivity contribution in [3.8, 4) is 0 Å². The molecule has 2 rings (SSSR count). The van der Waals surface area contributed by atoms with Gasteiger partial charge in [-0.2, -0.15) is 13.2 Å². The Morgan fingerprint density at radius 2 is 2.05 bits per heavy atom. The highest BCUT2D eigenvalue weighted by atomic mass is 19.4. The molecule has 106 valence electrons. The van der Waals surface area contributed by atoms with Crippen molar-refractivity contribution in [3.63, 3.8) is 0 Å². The van der Waals surface area contributed by atoms with Crippen LogP contribution < -0.4 is 5.32 Å². The molecule has 1 aromatic heterocycles. The molecule has 20 heavy (non-hydrogen) atoms. The van der Waals surface area contributed by atoms with Crippen LogP contribution in [-0.2, 0) is 12.7 Å². The Bertz CT molecular complexity index is 606. The van der Waals surface area contributed by atoms with Gasteiger partial charge in [0.15, 0.2) is 0 Å². The van der Waals surface area contributed by atoms with Crippen LogP contribution in [0.3, 0.4) is 0 Å². The first-order chi connectivity index (χ1) is 9.38. The highest BCUT2D eigenvalue weighted by Gasteiger charge is 2.35. The predicted molar refractivity (Wildman–Crippen MR) is 64.4 cm³/mol. The minimum absolute atomic E-state index is 0.247. The van der Waals surface area contributed by atoms with E-state index in [4.69, 9.17) is 9.52 Å². The van der Waals surface area contributed by atoms with Crippen molar-refractivity contribution >= 4 is 11.7 Å². The molecular weight excluding hydrogens is 275 g/mol. The van der Waals surface area contributed by atoms with Crippen LogP contribution in [0.2, 0.25) is 0 Å². The molecule has 1 aromatic carbocycles. The zero-order valence-corrected chi connectivity index (χ0v) is 10.1. The van der Waals surface area contributed by atoms with Crippen LogP contribution in [-0.4, -0.2) is 11.1 Å². The molecule has 0 amide bonds. The maximum absolute atomic E-state index is 12.7. The van der Waals surface area contributed by atoms with Gasteiger partial charge in [0.2, 0.25) is 0 Å². The first kappa shape index (κ1) is 14.0. The second kappa shape index (κ2) is 5.28. The Morgan fingerprint density at radius 1 is 1.30 bits per heavy atom. The lowest BCUT2D eigenvalue weighted by atomic mass is 10.1. The second-order valence-corrected chi connectivity index (χ2v) is 4.00. The first-order valence-electron chi connectivity index (χ1n) is 5.58. The third-order valence-corrected chi connectivity index (χ3v) is 2.60. The number of furan rings is 1. The molecule has 0 aliphatic rings. The minimum Gasteiger partial charge on any atom is -0.478 e. The molecule has 0 aliphatic heterocycles. The summed E-state index contributed by atoms with van der Waals surface area (Å²) in [5.74, 6) is -1.04. The average Bonchev–Trinajstić information content (AvgIpc) is 2.88. The zero-order valence-electron chi connectivity index (χ0n) is 10.1. The summed E-state index contributed by atoms with van der Waals surface area (Å²) in [6.45, 7) is 0.247. The van der Waals surface area contributed by atoms with Crippen LogP contribution in [0.4, 0.5) is 18.9 Å². The largest absolute Gasteiger partial charge is 0.478 e. The van der Waals surface area contributed by atoms with Crippen molar-refractivity contribution in [3.05, 3.63) is 53.5 Å². The molecule has 0 spiro atoms. The molecule has 0 saturated carbocycles. The molecule has 0 unspecified atom stereocenters. The van der Waals surface area contributed by atoms with E-state index in [0.717, 1.165) is 12.1 Å². The smallest absolute Gasteiger partial charge is 0.417 e. The molecule has 0 aliphatic carbocycles. The second-order valence-electron chi connectivity index (χ2n) is 4.00. The number of alkyl halides is 3. The molecule has 0 radical (unpaired) electrons. The van der Waals surface area contributed by atoms with Gasteiger partial charge in [0, 0.05) is 5.69 Å². The molecule has 4 nitrogen and oxygen atoms in total. The van der Waals surface area contributed by atoms with E-state index in [2.05, 4.69) is 5.32 Å². The first-order valence-corrected chi connectivity index (χ1v) is 5.58. The summed E-state index contributed by atoms with van der Waals surface area (Å²) in [6.07, 6.45) is -3.24. The number of anilines is 1. The Hall–Kier alpha value is -2.44. The van der Waals surface area contributed by atoms with E-state index >= 15 is 0 Å². The monoisotopic (exact) mass is 285 g/mol. The number of hydrogen-bond donors (Lipinski definition) is 2. The number of nitrogens with one attached hydrogen (secondary N) is 1. The SMILES string of the molecule is O=C(O)c1cc(NCc2ccco2)ccc1C(F)(F)F. The summed E-state index contributed by atoms with van der Waals surface area (Å²) < 4.78 is 43.0. The van der Waals surface area contributed by atoms with Crippen LogP contribution in [0, 0.1) is 0 Å². The number of carbonyl (C=O) groups is 1. The van der Waals surface area contributed by atoms with E-state index < -0.39 is 23.3 Å². The third-order valence-electron chi connectivity index (χ3n) is 2.60. The lowest BCUT2D eigenvalue weighted by Gasteiger charge is -2.12. The van der Waals surface area contributed by atoms with Crippen molar-refractivity contribution in [2.75, 3.05) is 5.32 Å². The average molecular weight is 285 g/mol. The van der Waals surface area contributed by atoms with Gasteiger partial charge in [0.1, 0.15) is 5.76 Å². The van der Waals surface area contributed by atoms with Gasteiger partial charge in [-0.25, -0.2) is 4.79 Å². The van der Waals surface area contributed by atoms with Gasteiger partial charge in [-0.15, -0.1) is 0 Å². The molecular formula is C13H10F3NO3. The molecule has 2 aromatic rings. The normalized spacial score (nSPS) is 11.3. The molecule has 0 saturated heterocycles. The van der Waals surface area contributed by atoms with Gasteiger partial charge < -0.3 is 14.8 Å². The van der Waals surface area contributed by atoms with Gasteiger partial charge in [-0.05, 0) is 30.3 Å². The maximum Gasteiger partial charge on any atom is 0.417 e. The number of carboxylic acid groups (broad SMARTS) is 1. The molecule has 0 atom stereocenters. The van der Waals surface area contributed by atoms with Crippen LogP contribution in [0.25, 0.3) is 0 Å². The number of rotatable bonds is 4. The van der Waals surface area contributed by atoms with Crippen LogP contribution >= 0.6 is 0 Å². The van der Waals surface area contributed by atoms with E-state index in [-0.39, 0.29) is 12.2 Å². The molecule has 0 bridgehead atoms. The van der Waals surface area contributed by atoms with Gasteiger partial charge in [0.05, 0.1) is 23.9 Å². The van der Waals surface area contributed by atoms with Crippen molar-refractivity contribution in [2.45, 2.75) is 12.7 Å². The molecule has 1 heterocycles. The van der Waals surface area contributed by atoms with E-state index in [1.165, 1.54) is 12.3 Å². The highest BCUT2D eigenvalue weighted by molar-refractivity contribution is 5.91. The summed E-state index contributed by atoms with van der Waals surface area (Å²) in [5, 5.41) is 11.7. The van der Waals surface area contributed by atoms with E-state index in [0.29, 0.717) is 5.76 Å². The summed E-state index contributed by atoms with van der Waals surface area (Å²) in [4.78, 5) is 10.9. The van der Waals surface area contributed by atoms with Crippen molar-refractivity contribution < 1.29 is 27.5 Å². The van der Waals surface area contributed by atoms with Gasteiger partial charge in [0.25, 0.3) is 0 Å². The highest BCUT2D eigenvalue weighted by Crippen LogP contribution is 2.33. The predicted octanol–water partition coefficient (Wildman–Crippen LogP) is 3.61. The number of halogens is 3. The standard InChI is InChI=1S/C13H10F3NO3/c14-13(15,16)11-4-3-8(6-10(11)12(18)19)17-7-9-2-1-5-20-9/h1-6,17H,7H2,(H,18,19). The Balaban J connectivity index is 2.24. The number of benzene rings is 1. The van der Waals surface area contributed by atoms with Crippen LogP contribution in [0.5, 0.6) is 0 Å². The van der Waals surface area contributed by atoms with Gasteiger partial charge >= 0.3 is 12.1 Å². The van der Waals surface area contributed by atoms with Crippen molar-refractivity contribution in [2.24, 2.45) is 0 Å². The minimum atomic E-state index is -4.70. The lowest BCUT2D eigenvalue weighted by molar-refractivity contribution is -0.138. The molecule has 2 N–H and O–H groups in total. The number of aromatic carboxylic acids is 1. The maximum atomic E-state index is 12.7. The molecule has 7 heteroatoms. The number of hydrogen-bond acceptors (Lipinski definition) is 3. The summed E-state index contributed by atoms with van der Waals surface area (Å²) >= 11 is 0. The zero-order chi connectivity index (χ0) is 14.8. The summed E-state index contributed by atoms with van der Waals surface area (Å²) in [5.41, 5.74) is -1.69. The van der Waals surface area contributed by atoms with Crippen molar-refractivity contribution in [1.29, 1.82) is 0 Å². The van der Waals surface area contributed by atoms with E-state index in [9.17, 15) is 18.0 Å². The fourth-order valence-corrected chi connectivity index (χ4v) is 1.68. The third kappa shape index (κ3) is 3.11. The Kier molecular flexibility index (Phi) is 3.69. The fraction of sp³-hybridized carbons (Fsp3) is 0.154. The quantitative estimate of drug-likeness (QED) is 0.900. The Labute approximate surface area is 111 Å². The number of carboxylic acids is 1. The summed E-state index contributed by atoms with van der Waals surface area (Å²) in [6, 6.07) is 6.24. The van der Waals surface area contributed by atoms with E-state index in [1.807, 2.05) is 0 Å². The molecule has 0 fully saturated rings. The van der Waals surface area contributed by atoms with Gasteiger partial charge in [-0.1, -0.05) is 0 Å². The van der Waals surface area contributed by atoms with Crippen LogP contribution in [0.1, 0.15) is 21.7 Å². The fourth-order valence-electron chi connectivity index (χ4n) is 1.68. The Morgan fingerprint density at radius 3 is 2.60 bits per heavy atom. The topological polar surface area (TPSA) is 62.5 Å². The van der Waals surface area contributed by atoms with Crippen LogP contribution in [0.15, 0.2) is 41.0 Å².